The molecule has 9 heteroatoms. The number of halogens is 4. The van der Waals surface area contributed by atoms with Crippen molar-refractivity contribution >= 4 is 23.3 Å². The lowest BCUT2D eigenvalue weighted by Gasteiger charge is -2.07. The zero-order chi connectivity index (χ0) is 12.9. The first kappa shape index (κ1) is 13.7. The van der Waals surface area contributed by atoms with Crippen LogP contribution in [0.25, 0.3) is 0 Å². The molecule has 1 N–H and O–H groups in total. The molecule has 0 radical (unpaired) electrons. The van der Waals surface area contributed by atoms with Gasteiger partial charge in [0.2, 0.25) is 0 Å². The summed E-state index contributed by atoms with van der Waals surface area (Å²) in [5.41, 5.74) is 0. The molecule has 1 aromatic rings. The Labute approximate surface area is 99.0 Å². The fourth-order valence-corrected chi connectivity index (χ4v) is 0.988. The van der Waals surface area contributed by atoms with Gasteiger partial charge in [-0.2, -0.15) is 13.2 Å². The van der Waals surface area contributed by atoms with Crippen LogP contribution in [-0.4, -0.2) is 35.3 Å². The van der Waals surface area contributed by atoms with Crippen molar-refractivity contribution in [1.29, 1.82) is 0 Å². The molecule has 0 aliphatic carbocycles. The molecule has 0 saturated carbocycles. The summed E-state index contributed by atoms with van der Waals surface area (Å²) in [5, 5.41) is 2.23. The maximum Gasteiger partial charge on any atom is 0.411 e. The van der Waals surface area contributed by atoms with E-state index in [2.05, 4.69) is 20.0 Å². The Morgan fingerprint density at radius 2 is 2.18 bits per heavy atom. The Kier molecular flexibility index (Phi) is 4.64. The Balaban J connectivity index is 2.35. The summed E-state index contributed by atoms with van der Waals surface area (Å²) in [5.74, 6) is -0.732. The smallest absolute Gasteiger partial charge is 0.362 e. The normalized spacial score (nSPS) is 11.3. The molecule has 0 fully saturated rings. The van der Waals surface area contributed by atoms with Gasteiger partial charge < -0.3 is 10.1 Å². The Hall–Kier alpha value is -1.41. The minimum atomic E-state index is -4.46. The second-order valence-electron chi connectivity index (χ2n) is 2.88. The summed E-state index contributed by atoms with van der Waals surface area (Å²) in [6.07, 6.45) is -2.01. The molecule has 1 rings (SSSR count). The third kappa shape index (κ3) is 6.03. The molecule has 0 saturated heterocycles. The van der Waals surface area contributed by atoms with E-state index in [0.717, 1.165) is 0 Å². The van der Waals surface area contributed by atoms with Crippen LogP contribution in [-0.2, 0) is 9.53 Å². The van der Waals surface area contributed by atoms with Crippen molar-refractivity contribution in [2.75, 3.05) is 18.5 Å². The number of amides is 1. The largest absolute Gasteiger partial charge is 0.411 e. The van der Waals surface area contributed by atoms with Gasteiger partial charge in [-0.1, -0.05) is 11.6 Å². The molecule has 0 spiro atoms. The zero-order valence-corrected chi connectivity index (χ0v) is 9.05. The third-order valence-electron chi connectivity index (χ3n) is 1.37. The first-order valence-corrected chi connectivity index (χ1v) is 4.66. The highest BCUT2D eigenvalue weighted by Gasteiger charge is 2.27. The molecular weight excluding hydrogens is 263 g/mol. The minimum Gasteiger partial charge on any atom is -0.362 e. The minimum absolute atomic E-state index is 0.0399. The zero-order valence-electron chi connectivity index (χ0n) is 8.29. The van der Waals surface area contributed by atoms with E-state index in [9.17, 15) is 18.0 Å². The number of nitrogens with zero attached hydrogens (tertiary/aromatic N) is 2. The van der Waals surface area contributed by atoms with Gasteiger partial charge in [0.05, 0.1) is 12.4 Å². The SMILES string of the molecule is O=C(COCC(F)(F)F)Nc1cncc(Cl)n1. The molecule has 0 atom stereocenters. The number of hydrogen-bond acceptors (Lipinski definition) is 4. The number of hydrogen-bond donors (Lipinski definition) is 1. The molecular formula is C8H7ClF3N3O2. The first-order valence-electron chi connectivity index (χ1n) is 4.29. The van der Waals surface area contributed by atoms with E-state index in [0.29, 0.717) is 0 Å². The summed E-state index contributed by atoms with van der Waals surface area (Å²) in [6, 6.07) is 0. The molecule has 1 aromatic heterocycles. The predicted octanol–water partition coefficient (Wildman–Crippen LogP) is 1.65. The number of rotatable bonds is 4. The van der Waals surface area contributed by atoms with Crippen LogP contribution in [0.5, 0.6) is 0 Å². The van der Waals surface area contributed by atoms with Crippen molar-refractivity contribution < 1.29 is 22.7 Å². The number of aromatic nitrogens is 2. The standard InChI is InChI=1S/C8H7ClF3N3O2/c9-5-1-13-2-6(14-5)15-7(16)3-17-4-8(10,11)12/h1-2H,3-4H2,(H,14,15,16). The lowest BCUT2D eigenvalue weighted by Crippen LogP contribution is -2.24. The molecule has 0 aromatic carbocycles. The number of alkyl halides is 3. The van der Waals surface area contributed by atoms with E-state index in [1.807, 2.05) is 0 Å². The number of anilines is 1. The van der Waals surface area contributed by atoms with Crippen LogP contribution in [0.15, 0.2) is 12.4 Å². The second-order valence-corrected chi connectivity index (χ2v) is 3.27. The second kappa shape index (κ2) is 5.78. The van der Waals surface area contributed by atoms with Crippen LogP contribution in [0.2, 0.25) is 5.15 Å². The van der Waals surface area contributed by atoms with Crippen LogP contribution in [0.1, 0.15) is 0 Å². The highest BCUT2D eigenvalue weighted by molar-refractivity contribution is 6.29. The van der Waals surface area contributed by atoms with Gasteiger partial charge >= 0.3 is 6.18 Å². The van der Waals surface area contributed by atoms with Gasteiger partial charge in [-0.05, 0) is 0 Å². The number of carbonyl (C=O) groups is 1. The van der Waals surface area contributed by atoms with Crippen molar-refractivity contribution in [3.05, 3.63) is 17.5 Å². The quantitative estimate of drug-likeness (QED) is 0.903. The number of nitrogens with one attached hydrogen (secondary N) is 1. The summed E-state index contributed by atoms with van der Waals surface area (Å²) in [6.45, 7) is -2.21. The summed E-state index contributed by atoms with van der Waals surface area (Å²) >= 11 is 5.49. The molecule has 5 nitrogen and oxygen atoms in total. The van der Waals surface area contributed by atoms with Crippen LogP contribution in [0, 0.1) is 0 Å². The molecule has 0 aliphatic rings. The Morgan fingerprint density at radius 1 is 1.47 bits per heavy atom. The Bertz CT molecular complexity index is 400. The van der Waals surface area contributed by atoms with E-state index in [-0.39, 0.29) is 11.0 Å². The lowest BCUT2D eigenvalue weighted by atomic mass is 10.5. The van der Waals surface area contributed by atoms with Crippen molar-refractivity contribution in [2.24, 2.45) is 0 Å². The average Bonchev–Trinajstić information content (AvgIpc) is 2.15. The molecule has 17 heavy (non-hydrogen) atoms. The van der Waals surface area contributed by atoms with Crippen LogP contribution in [0.3, 0.4) is 0 Å². The third-order valence-corrected chi connectivity index (χ3v) is 1.55. The molecule has 1 amide bonds. The Morgan fingerprint density at radius 3 is 2.76 bits per heavy atom. The summed E-state index contributed by atoms with van der Waals surface area (Å²) in [7, 11) is 0. The van der Waals surface area contributed by atoms with Crippen molar-refractivity contribution in [3.63, 3.8) is 0 Å². The average molecular weight is 270 g/mol. The molecule has 0 aliphatic heterocycles. The van der Waals surface area contributed by atoms with E-state index in [4.69, 9.17) is 11.6 Å². The van der Waals surface area contributed by atoms with Gasteiger partial charge in [0, 0.05) is 0 Å². The lowest BCUT2D eigenvalue weighted by molar-refractivity contribution is -0.174. The highest BCUT2D eigenvalue weighted by Crippen LogP contribution is 2.14. The van der Waals surface area contributed by atoms with Gasteiger partial charge in [-0.3, -0.25) is 9.78 Å². The fourth-order valence-electron chi connectivity index (χ4n) is 0.841. The van der Waals surface area contributed by atoms with Gasteiger partial charge in [0.15, 0.2) is 5.82 Å². The van der Waals surface area contributed by atoms with E-state index < -0.39 is 25.3 Å². The molecule has 94 valence electrons. The van der Waals surface area contributed by atoms with Gasteiger partial charge in [0.25, 0.3) is 5.91 Å². The van der Waals surface area contributed by atoms with Gasteiger partial charge in [0.1, 0.15) is 18.4 Å². The van der Waals surface area contributed by atoms with Crippen LogP contribution >= 0.6 is 11.6 Å². The van der Waals surface area contributed by atoms with E-state index >= 15 is 0 Å². The monoisotopic (exact) mass is 269 g/mol. The predicted molar refractivity (Wildman–Crippen MR) is 52.5 cm³/mol. The summed E-state index contributed by atoms with van der Waals surface area (Å²) < 4.78 is 39.2. The highest BCUT2D eigenvalue weighted by atomic mass is 35.5. The van der Waals surface area contributed by atoms with Gasteiger partial charge in [-0.25, -0.2) is 4.98 Å². The van der Waals surface area contributed by atoms with Crippen LogP contribution < -0.4 is 5.32 Å². The maximum absolute atomic E-state index is 11.7. The van der Waals surface area contributed by atoms with Crippen LogP contribution in [0.4, 0.5) is 19.0 Å². The molecule has 0 bridgehead atoms. The summed E-state index contributed by atoms with van der Waals surface area (Å²) in [4.78, 5) is 18.4. The molecule has 0 unspecified atom stereocenters. The number of ether oxygens (including phenoxy) is 1. The van der Waals surface area contributed by atoms with E-state index in [1.165, 1.54) is 12.4 Å². The topological polar surface area (TPSA) is 64.1 Å². The van der Waals surface area contributed by atoms with Crippen molar-refractivity contribution in [1.82, 2.24) is 9.97 Å². The van der Waals surface area contributed by atoms with Gasteiger partial charge in [-0.15, -0.1) is 0 Å². The van der Waals surface area contributed by atoms with Crippen molar-refractivity contribution in [3.8, 4) is 0 Å². The number of carbonyl (C=O) groups excluding carboxylic acids is 1. The fraction of sp³-hybridized carbons (Fsp3) is 0.375. The first-order chi connectivity index (χ1) is 7.87. The molecule has 1 heterocycles. The van der Waals surface area contributed by atoms with E-state index in [1.54, 1.807) is 0 Å². The van der Waals surface area contributed by atoms with Crippen molar-refractivity contribution in [2.45, 2.75) is 6.18 Å². The maximum atomic E-state index is 11.7.